The lowest BCUT2D eigenvalue weighted by atomic mass is 10.1. The summed E-state index contributed by atoms with van der Waals surface area (Å²) < 4.78 is 0. The highest BCUT2D eigenvalue weighted by Crippen LogP contribution is 2.21. The molecule has 1 saturated heterocycles. The highest BCUT2D eigenvalue weighted by molar-refractivity contribution is 5.40. The Bertz CT molecular complexity index is 378. The standard InChI is InChI=1S/C15H25N3/c1-12-7-8-18(11-12)14-6-5-13(9-16-14)10-17-15(2,3)4/h5-6,9,12,17H,7-8,10-11H2,1-4H3. The number of hydrogen-bond donors (Lipinski definition) is 1. The zero-order valence-electron chi connectivity index (χ0n) is 12.0. The largest absolute Gasteiger partial charge is 0.356 e. The third-order valence-corrected chi connectivity index (χ3v) is 3.38. The van der Waals surface area contributed by atoms with Gasteiger partial charge in [-0.25, -0.2) is 4.98 Å². The van der Waals surface area contributed by atoms with Crippen LogP contribution in [-0.4, -0.2) is 23.6 Å². The van der Waals surface area contributed by atoms with Gasteiger partial charge >= 0.3 is 0 Å². The highest BCUT2D eigenvalue weighted by Gasteiger charge is 2.19. The van der Waals surface area contributed by atoms with Crippen LogP contribution in [0.1, 0.15) is 39.7 Å². The van der Waals surface area contributed by atoms with E-state index in [4.69, 9.17) is 0 Å². The molecule has 1 unspecified atom stereocenters. The Morgan fingerprint density at radius 2 is 2.17 bits per heavy atom. The molecule has 1 N–H and O–H groups in total. The molecule has 0 saturated carbocycles. The SMILES string of the molecule is CC1CCN(c2ccc(CNC(C)(C)C)cn2)C1. The topological polar surface area (TPSA) is 28.2 Å². The van der Waals surface area contributed by atoms with E-state index >= 15 is 0 Å². The molecule has 1 fully saturated rings. The second-order valence-corrected chi connectivity index (χ2v) is 6.47. The van der Waals surface area contributed by atoms with Crippen LogP contribution in [0.2, 0.25) is 0 Å². The van der Waals surface area contributed by atoms with E-state index in [-0.39, 0.29) is 5.54 Å². The maximum Gasteiger partial charge on any atom is 0.128 e. The van der Waals surface area contributed by atoms with Crippen molar-refractivity contribution in [2.24, 2.45) is 5.92 Å². The van der Waals surface area contributed by atoms with E-state index in [0.717, 1.165) is 31.4 Å². The Morgan fingerprint density at radius 1 is 1.39 bits per heavy atom. The highest BCUT2D eigenvalue weighted by atomic mass is 15.2. The fourth-order valence-electron chi connectivity index (χ4n) is 2.22. The number of aromatic nitrogens is 1. The fraction of sp³-hybridized carbons (Fsp3) is 0.667. The van der Waals surface area contributed by atoms with Gasteiger partial charge in [0.15, 0.2) is 0 Å². The number of rotatable bonds is 3. The van der Waals surface area contributed by atoms with Crippen LogP contribution in [0, 0.1) is 5.92 Å². The smallest absolute Gasteiger partial charge is 0.128 e. The summed E-state index contributed by atoms with van der Waals surface area (Å²) in [7, 11) is 0. The number of anilines is 1. The van der Waals surface area contributed by atoms with Crippen molar-refractivity contribution < 1.29 is 0 Å². The molecule has 18 heavy (non-hydrogen) atoms. The molecule has 2 heterocycles. The lowest BCUT2D eigenvalue weighted by Gasteiger charge is -2.21. The molecule has 3 nitrogen and oxygen atoms in total. The van der Waals surface area contributed by atoms with Gasteiger partial charge in [0.2, 0.25) is 0 Å². The van der Waals surface area contributed by atoms with Crippen molar-refractivity contribution in [3.8, 4) is 0 Å². The minimum atomic E-state index is 0.156. The molecule has 0 spiro atoms. The van der Waals surface area contributed by atoms with E-state index in [1.54, 1.807) is 0 Å². The summed E-state index contributed by atoms with van der Waals surface area (Å²) in [5, 5.41) is 3.48. The average molecular weight is 247 g/mol. The van der Waals surface area contributed by atoms with Crippen molar-refractivity contribution in [2.75, 3.05) is 18.0 Å². The van der Waals surface area contributed by atoms with Crippen LogP contribution in [-0.2, 0) is 6.54 Å². The Kier molecular flexibility index (Phi) is 3.91. The summed E-state index contributed by atoms with van der Waals surface area (Å²) in [5.41, 5.74) is 1.41. The van der Waals surface area contributed by atoms with Gasteiger partial charge in [-0.05, 0) is 44.7 Å². The second kappa shape index (κ2) is 5.27. The quantitative estimate of drug-likeness (QED) is 0.890. The number of pyridine rings is 1. The minimum absolute atomic E-state index is 0.156. The van der Waals surface area contributed by atoms with Crippen LogP contribution in [0.4, 0.5) is 5.82 Å². The first kappa shape index (κ1) is 13.3. The third-order valence-electron chi connectivity index (χ3n) is 3.38. The number of nitrogens with zero attached hydrogens (tertiary/aromatic N) is 2. The molecule has 1 atom stereocenters. The molecule has 0 amide bonds. The van der Waals surface area contributed by atoms with E-state index in [2.05, 4.69) is 55.0 Å². The Morgan fingerprint density at radius 3 is 2.67 bits per heavy atom. The van der Waals surface area contributed by atoms with Gasteiger partial charge in [0.05, 0.1) is 0 Å². The summed E-state index contributed by atoms with van der Waals surface area (Å²) in [5.74, 6) is 1.92. The van der Waals surface area contributed by atoms with Gasteiger partial charge in [-0.2, -0.15) is 0 Å². The predicted molar refractivity (Wildman–Crippen MR) is 76.8 cm³/mol. The Labute approximate surface area is 111 Å². The van der Waals surface area contributed by atoms with Crippen molar-refractivity contribution in [1.82, 2.24) is 10.3 Å². The van der Waals surface area contributed by atoms with Gasteiger partial charge in [-0.1, -0.05) is 13.0 Å². The minimum Gasteiger partial charge on any atom is -0.356 e. The van der Waals surface area contributed by atoms with Crippen molar-refractivity contribution in [1.29, 1.82) is 0 Å². The maximum absolute atomic E-state index is 4.58. The molecule has 100 valence electrons. The monoisotopic (exact) mass is 247 g/mol. The van der Waals surface area contributed by atoms with Gasteiger partial charge in [0, 0.05) is 31.4 Å². The number of nitrogens with one attached hydrogen (secondary N) is 1. The summed E-state index contributed by atoms with van der Waals surface area (Å²) >= 11 is 0. The summed E-state index contributed by atoms with van der Waals surface area (Å²) in [4.78, 5) is 6.96. The Hall–Kier alpha value is -1.09. The van der Waals surface area contributed by atoms with Gasteiger partial charge in [0.25, 0.3) is 0 Å². The normalized spacial score (nSPS) is 20.4. The lowest BCUT2D eigenvalue weighted by molar-refractivity contribution is 0.424. The van der Waals surface area contributed by atoms with Crippen LogP contribution in [0.5, 0.6) is 0 Å². The molecular weight excluding hydrogens is 222 g/mol. The van der Waals surface area contributed by atoms with E-state index in [1.165, 1.54) is 12.0 Å². The van der Waals surface area contributed by atoms with Crippen LogP contribution in [0.25, 0.3) is 0 Å². The molecule has 0 aromatic carbocycles. The molecule has 0 aliphatic carbocycles. The summed E-state index contributed by atoms with van der Waals surface area (Å²) in [6.07, 6.45) is 3.28. The van der Waals surface area contributed by atoms with Gasteiger partial charge in [0.1, 0.15) is 5.82 Å². The summed E-state index contributed by atoms with van der Waals surface area (Å²) in [6.45, 7) is 12.0. The molecule has 1 aliphatic rings. The second-order valence-electron chi connectivity index (χ2n) is 6.47. The van der Waals surface area contributed by atoms with E-state index in [9.17, 15) is 0 Å². The molecule has 3 heteroatoms. The first-order chi connectivity index (χ1) is 8.44. The lowest BCUT2D eigenvalue weighted by Crippen LogP contribution is -2.35. The molecule has 0 radical (unpaired) electrons. The van der Waals surface area contributed by atoms with Crippen molar-refractivity contribution in [2.45, 2.75) is 46.2 Å². The van der Waals surface area contributed by atoms with Crippen LogP contribution >= 0.6 is 0 Å². The third kappa shape index (κ3) is 3.70. The van der Waals surface area contributed by atoms with E-state index in [1.807, 2.05) is 6.20 Å². The van der Waals surface area contributed by atoms with E-state index < -0.39 is 0 Å². The summed E-state index contributed by atoms with van der Waals surface area (Å²) in [6, 6.07) is 4.34. The van der Waals surface area contributed by atoms with Crippen molar-refractivity contribution in [3.63, 3.8) is 0 Å². The average Bonchev–Trinajstić information content (AvgIpc) is 2.73. The van der Waals surface area contributed by atoms with Crippen LogP contribution in [0.15, 0.2) is 18.3 Å². The van der Waals surface area contributed by atoms with Gasteiger partial charge in [-0.3, -0.25) is 0 Å². The maximum atomic E-state index is 4.58. The molecular formula is C15H25N3. The van der Waals surface area contributed by atoms with Crippen LogP contribution < -0.4 is 10.2 Å². The zero-order chi connectivity index (χ0) is 13.2. The molecule has 1 aromatic heterocycles. The predicted octanol–water partition coefficient (Wildman–Crippen LogP) is 2.82. The first-order valence-corrected chi connectivity index (χ1v) is 6.89. The molecule has 1 aromatic rings. The fourth-order valence-corrected chi connectivity index (χ4v) is 2.22. The molecule has 1 aliphatic heterocycles. The first-order valence-electron chi connectivity index (χ1n) is 6.89. The van der Waals surface area contributed by atoms with Gasteiger partial charge in [-0.15, -0.1) is 0 Å². The van der Waals surface area contributed by atoms with Crippen LogP contribution in [0.3, 0.4) is 0 Å². The molecule has 0 bridgehead atoms. The molecule has 2 rings (SSSR count). The Balaban J connectivity index is 1.93. The van der Waals surface area contributed by atoms with Crippen molar-refractivity contribution >= 4 is 5.82 Å². The zero-order valence-corrected chi connectivity index (χ0v) is 12.0. The van der Waals surface area contributed by atoms with Crippen molar-refractivity contribution in [3.05, 3.63) is 23.9 Å². The number of hydrogen-bond acceptors (Lipinski definition) is 3. The van der Waals surface area contributed by atoms with Gasteiger partial charge < -0.3 is 10.2 Å². The van der Waals surface area contributed by atoms with E-state index in [0.29, 0.717) is 0 Å².